The van der Waals surface area contributed by atoms with Crippen LogP contribution in [0.5, 0.6) is 0 Å². The summed E-state index contributed by atoms with van der Waals surface area (Å²) in [6, 6.07) is 0. The molecule has 0 aliphatic rings. The van der Waals surface area contributed by atoms with Gasteiger partial charge in [0.25, 0.3) is 0 Å². The largest absolute Gasteiger partial charge is 0.285 e. The Bertz CT molecular complexity index is 291. The highest BCUT2D eigenvalue weighted by Crippen LogP contribution is 1.59. The van der Waals surface area contributed by atoms with Crippen LogP contribution in [0.3, 0.4) is 0 Å². The first kappa shape index (κ1) is 8.22. The molecule has 0 radical (unpaired) electrons. The summed E-state index contributed by atoms with van der Waals surface area (Å²) in [6.45, 7) is 4.62. The van der Waals surface area contributed by atoms with E-state index in [0.29, 0.717) is 0 Å². The van der Waals surface area contributed by atoms with Crippen LogP contribution in [-0.4, -0.2) is 5.78 Å². The molecule has 0 aliphatic carbocycles. The predicted octanol–water partition coefficient (Wildman–Crippen LogP) is 0.420. The Balaban J connectivity index is 3.98. The molecular formula is C9H5O-. The van der Waals surface area contributed by atoms with E-state index in [1.165, 1.54) is 6.92 Å². The third kappa shape index (κ3) is 6.22. The Kier molecular flexibility index (Phi) is 4.40. The van der Waals surface area contributed by atoms with Crippen LogP contribution in [0.1, 0.15) is 6.92 Å². The minimum atomic E-state index is -0.197. The Morgan fingerprint density at radius 1 is 1.20 bits per heavy atom. The molecule has 0 amide bonds. The fourth-order valence-electron chi connectivity index (χ4n) is 0.226. The molecule has 0 fully saturated rings. The number of Topliss-reactive ketones (excluding diaryl/α,β-unsaturated/α-hetero) is 1. The van der Waals surface area contributed by atoms with Crippen molar-refractivity contribution in [1.82, 2.24) is 0 Å². The van der Waals surface area contributed by atoms with Gasteiger partial charge >= 0.3 is 0 Å². The van der Waals surface area contributed by atoms with E-state index in [2.05, 4.69) is 42.4 Å². The predicted molar refractivity (Wildman–Crippen MR) is 39.4 cm³/mol. The lowest BCUT2D eigenvalue weighted by molar-refractivity contribution is -0.111. The fraction of sp³-hybridized carbons (Fsp3) is 0.111. The third-order valence-corrected chi connectivity index (χ3v) is 0.514. The first-order valence-corrected chi connectivity index (χ1v) is 2.56. The van der Waals surface area contributed by atoms with Crippen LogP contribution in [0.25, 0.3) is 0 Å². The van der Waals surface area contributed by atoms with Crippen LogP contribution in [0, 0.1) is 42.4 Å². The minimum Gasteiger partial charge on any atom is -0.285 e. The van der Waals surface area contributed by atoms with Crippen molar-refractivity contribution in [3.8, 4) is 35.5 Å². The van der Waals surface area contributed by atoms with E-state index in [1.54, 1.807) is 0 Å². The van der Waals surface area contributed by atoms with Crippen molar-refractivity contribution in [2.75, 3.05) is 0 Å². The molecule has 0 rings (SSSR count). The number of hydrogen-bond acceptors (Lipinski definition) is 1. The van der Waals surface area contributed by atoms with Gasteiger partial charge in [-0.05, 0) is 17.8 Å². The molecule has 48 valence electrons. The molecule has 1 nitrogen and oxygen atoms in total. The zero-order valence-corrected chi connectivity index (χ0v) is 5.62. The summed E-state index contributed by atoms with van der Waals surface area (Å²) >= 11 is 0. The Morgan fingerprint density at radius 2 is 1.80 bits per heavy atom. The van der Waals surface area contributed by atoms with Crippen molar-refractivity contribution in [2.24, 2.45) is 0 Å². The third-order valence-electron chi connectivity index (χ3n) is 0.514. The molecule has 1 heteroatoms. The molecule has 0 aliphatic heterocycles. The lowest BCUT2D eigenvalue weighted by Gasteiger charge is -1.66. The highest BCUT2D eigenvalue weighted by atomic mass is 16.1. The van der Waals surface area contributed by atoms with Crippen LogP contribution in [-0.2, 0) is 4.79 Å². The quantitative estimate of drug-likeness (QED) is 0.263. The Hall–Kier alpha value is -1.78. The van der Waals surface area contributed by atoms with Gasteiger partial charge in [0, 0.05) is 6.92 Å². The maximum atomic E-state index is 10.2. The Labute approximate surface area is 60.8 Å². The molecular weight excluding hydrogens is 124 g/mol. The van der Waals surface area contributed by atoms with Crippen molar-refractivity contribution in [1.29, 1.82) is 0 Å². The van der Waals surface area contributed by atoms with E-state index in [0.717, 1.165) is 0 Å². The number of carbonyl (C=O) groups is 1. The SMILES string of the molecule is [CH2-]C#CC#CC#CC(C)=O. The average Bonchev–Trinajstić information content (AvgIpc) is 1.87. The van der Waals surface area contributed by atoms with Crippen molar-refractivity contribution in [3.05, 3.63) is 6.92 Å². The molecule has 0 aromatic heterocycles. The zero-order chi connectivity index (χ0) is 7.82. The van der Waals surface area contributed by atoms with E-state index >= 15 is 0 Å². The zero-order valence-electron chi connectivity index (χ0n) is 5.62. The smallest absolute Gasteiger partial charge is 0.203 e. The number of rotatable bonds is 0. The maximum Gasteiger partial charge on any atom is 0.203 e. The van der Waals surface area contributed by atoms with Crippen LogP contribution in [0.15, 0.2) is 0 Å². The molecule has 0 heterocycles. The van der Waals surface area contributed by atoms with E-state index in [9.17, 15) is 4.79 Å². The molecule has 0 bridgehead atoms. The van der Waals surface area contributed by atoms with Gasteiger partial charge in [0.15, 0.2) is 0 Å². The first-order chi connectivity index (χ1) is 4.77. The fourth-order valence-corrected chi connectivity index (χ4v) is 0.226. The topological polar surface area (TPSA) is 17.1 Å². The summed E-state index contributed by atoms with van der Waals surface area (Å²) in [5, 5.41) is 0. The molecule has 0 saturated carbocycles. The van der Waals surface area contributed by atoms with E-state index in [-0.39, 0.29) is 5.78 Å². The highest BCUT2D eigenvalue weighted by Gasteiger charge is 1.73. The number of hydrogen-bond donors (Lipinski definition) is 0. The van der Waals surface area contributed by atoms with Gasteiger partial charge in [-0.15, -0.1) is 5.92 Å². The summed E-state index contributed by atoms with van der Waals surface area (Å²) in [5.74, 6) is 13.9. The van der Waals surface area contributed by atoms with Gasteiger partial charge in [0.1, 0.15) is 0 Å². The first-order valence-electron chi connectivity index (χ1n) is 2.56. The molecule has 0 aromatic carbocycles. The minimum absolute atomic E-state index is 0.197. The highest BCUT2D eigenvalue weighted by molar-refractivity contribution is 5.93. The molecule has 0 unspecified atom stereocenters. The number of carbonyl (C=O) groups excluding carboxylic acids is 1. The normalized spacial score (nSPS) is 4.90. The standard InChI is InChI=1S/C9H5O/c1-3-4-5-6-7-8-9(2)10/h1H2,2H3/q-1. The molecule has 0 aromatic rings. The van der Waals surface area contributed by atoms with Crippen molar-refractivity contribution in [2.45, 2.75) is 6.92 Å². The average molecular weight is 129 g/mol. The van der Waals surface area contributed by atoms with Crippen molar-refractivity contribution >= 4 is 5.78 Å². The van der Waals surface area contributed by atoms with Gasteiger partial charge in [-0.2, -0.15) is 6.92 Å². The van der Waals surface area contributed by atoms with Gasteiger partial charge in [-0.25, -0.2) is 5.92 Å². The summed E-state index contributed by atoms with van der Waals surface area (Å²) in [4.78, 5) is 10.2. The van der Waals surface area contributed by atoms with E-state index < -0.39 is 0 Å². The van der Waals surface area contributed by atoms with Crippen molar-refractivity contribution < 1.29 is 4.79 Å². The maximum absolute atomic E-state index is 10.2. The van der Waals surface area contributed by atoms with Gasteiger partial charge in [0.05, 0.1) is 0 Å². The second-order valence-corrected chi connectivity index (χ2v) is 1.36. The van der Waals surface area contributed by atoms with Crippen molar-refractivity contribution in [3.63, 3.8) is 0 Å². The van der Waals surface area contributed by atoms with E-state index in [1.807, 2.05) is 0 Å². The molecule has 0 N–H and O–H groups in total. The van der Waals surface area contributed by atoms with Gasteiger partial charge in [-0.1, -0.05) is 0 Å². The number of ketones is 1. The summed E-state index contributed by atoms with van der Waals surface area (Å²) in [6.07, 6.45) is 0. The second-order valence-electron chi connectivity index (χ2n) is 1.36. The Morgan fingerprint density at radius 3 is 2.30 bits per heavy atom. The van der Waals surface area contributed by atoms with Crippen LogP contribution < -0.4 is 0 Å². The second kappa shape index (κ2) is 5.36. The lowest BCUT2D eigenvalue weighted by Crippen LogP contribution is -1.78. The summed E-state index contributed by atoms with van der Waals surface area (Å²) in [7, 11) is 0. The van der Waals surface area contributed by atoms with Crippen LogP contribution in [0.2, 0.25) is 0 Å². The van der Waals surface area contributed by atoms with Gasteiger partial charge < -0.3 is 0 Å². The van der Waals surface area contributed by atoms with Gasteiger partial charge in [-0.3, -0.25) is 10.7 Å². The van der Waals surface area contributed by atoms with E-state index in [4.69, 9.17) is 0 Å². The van der Waals surface area contributed by atoms with Crippen LogP contribution >= 0.6 is 0 Å². The van der Waals surface area contributed by atoms with Crippen LogP contribution in [0.4, 0.5) is 0 Å². The lowest BCUT2D eigenvalue weighted by atomic mass is 10.4. The summed E-state index contributed by atoms with van der Waals surface area (Å²) < 4.78 is 0. The summed E-state index contributed by atoms with van der Waals surface area (Å²) in [5.41, 5.74) is 0. The molecule has 0 atom stereocenters. The monoisotopic (exact) mass is 129 g/mol. The molecule has 0 spiro atoms. The molecule has 10 heavy (non-hydrogen) atoms. The van der Waals surface area contributed by atoms with Gasteiger partial charge in [0.2, 0.25) is 5.78 Å². The molecule has 0 saturated heterocycles.